The van der Waals surface area contributed by atoms with Gasteiger partial charge in [-0.15, -0.1) is 0 Å². The first kappa shape index (κ1) is 18.2. The molecule has 0 aromatic heterocycles. The molecule has 0 heterocycles. The molecule has 0 aliphatic heterocycles. The van der Waals surface area contributed by atoms with E-state index in [2.05, 4.69) is 5.32 Å². The Morgan fingerprint density at radius 1 is 0.960 bits per heavy atom. The molecule has 1 N–H and O–H groups in total. The van der Waals surface area contributed by atoms with E-state index in [1.54, 1.807) is 54.6 Å². The summed E-state index contributed by atoms with van der Waals surface area (Å²) in [6.45, 7) is -0.210. The van der Waals surface area contributed by atoms with E-state index in [4.69, 9.17) is 9.47 Å². The number of carbonyl (C=O) groups is 3. The van der Waals surface area contributed by atoms with Gasteiger partial charge in [0.1, 0.15) is 5.75 Å². The Labute approximate surface area is 145 Å². The second-order valence-electron chi connectivity index (χ2n) is 5.16. The highest BCUT2D eigenvalue weighted by molar-refractivity contribution is 5.98. The molecule has 6 heteroatoms. The molecule has 0 spiro atoms. The zero-order chi connectivity index (χ0) is 18.1. The number of hydrogen-bond acceptors (Lipinski definition) is 5. The molecule has 0 bridgehead atoms. The van der Waals surface area contributed by atoms with Crippen molar-refractivity contribution in [2.24, 2.45) is 0 Å². The van der Waals surface area contributed by atoms with E-state index >= 15 is 0 Å². The van der Waals surface area contributed by atoms with Crippen LogP contribution in [0.25, 0.3) is 0 Å². The lowest BCUT2D eigenvalue weighted by molar-refractivity contribution is -0.142. The third kappa shape index (κ3) is 5.46. The Bertz CT molecular complexity index is 742. The summed E-state index contributed by atoms with van der Waals surface area (Å²) in [6, 6.07) is 15.4. The first-order valence-electron chi connectivity index (χ1n) is 7.77. The van der Waals surface area contributed by atoms with Crippen LogP contribution < -0.4 is 10.1 Å². The van der Waals surface area contributed by atoms with Gasteiger partial charge in [0.25, 0.3) is 5.91 Å². The highest BCUT2D eigenvalue weighted by atomic mass is 16.5. The molecular weight excluding hydrogens is 322 g/mol. The molecule has 0 saturated carbocycles. The lowest BCUT2D eigenvalue weighted by Gasteiger charge is -2.09. The van der Waals surface area contributed by atoms with Crippen molar-refractivity contribution in [1.82, 2.24) is 5.32 Å². The van der Waals surface area contributed by atoms with Crippen molar-refractivity contribution in [3.8, 4) is 5.75 Å². The maximum Gasteiger partial charge on any atom is 0.308 e. The smallest absolute Gasteiger partial charge is 0.308 e. The van der Waals surface area contributed by atoms with Crippen molar-refractivity contribution in [2.45, 2.75) is 6.42 Å². The molecule has 130 valence electrons. The number of ether oxygens (including phenoxy) is 2. The average molecular weight is 341 g/mol. The molecule has 6 nitrogen and oxygen atoms in total. The van der Waals surface area contributed by atoms with Crippen molar-refractivity contribution >= 4 is 17.7 Å². The molecule has 0 atom stereocenters. The number of benzene rings is 2. The van der Waals surface area contributed by atoms with Gasteiger partial charge in [0.2, 0.25) is 0 Å². The van der Waals surface area contributed by atoms with E-state index in [-0.39, 0.29) is 31.3 Å². The fourth-order valence-electron chi connectivity index (χ4n) is 2.13. The SMILES string of the molecule is COc1ccccc1C(=O)NCCC(=O)OCC(=O)c1ccccc1. The minimum absolute atomic E-state index is 0.0248. The fraction of sp³-hybridized carbons (Fsp3) is 0.211. The first-order valence-corrected chi connectivity index (χ1v) is 7.77. The van der Waals surface area contributed by atoms with Crippen LogP contribution in [-0.2, 0) is 9.53 Å². The van der Waals surface area contributed by atoms with Crippen LogP contribution in [0, 0.1) is 0 Å². The minimum atomic E-state index is -0.551. The van der Waals surface area contributed by atoms with E-state index in [9.17, 15) is 14.4 Å². The van der Waals surface area contributed by atoms with Gasteiger partial charge in [-0.05, 0) is 12.1 Å². The number of ketones is 1. The number of hydrogen-bond donors (Lipinski definition) is 1. The molecule has 1 amide bonds. The topological polar surface area (TPSA) is 81.7 Å². The second kappa shape index (κ2) is 9.22. The molecule has 2 rings (SSSR count). The van der Waals surface area contributed by atoms with Gasteiger partial charge < -0.3 is 14.8 Å². The molecule has 2 aromatic carbocycles. The van der Waals surface area contributed by atoms with E-state index in [0.29, 0.717) is 16.9 Å². The molecule has 0 radical (unpaired) electrons. The highest BCUT2D eigenvalue weighted by Crippen LogP contribution is 2.16. The number of Topliss-reactive ketones (excluding diaryl/α,β-unsaturated/α-hetero) is 1. The van der Waals surface area contributed by atoms with E-state index < -0.39 is 5.97 Å². The summed E-state index contributed by atoms with van der Waals surface area (Å²) < 4.78 is 10.0. The molecular formula is C19H19NO5. The van der Waals surface area contributed by atoms with Crippen molar-refractivity contribution in [3.05, 3.63) is 65.7 Å². The molecule has 0 unspecified atom stereocenters. The number of esters is 1. The van der Waals surface area contributed by atoms with Gasteiger partial charge in [-0.25, -0.2) is 0 Å². The Hall–Kier alpha value is -3.15. The Morgan fingerprint density at radius 2 is 1.64 bits per heavy atom. The first-order chi connectivity index (χ1) is 12.1. The average Bonchev–Trinajstić information content (AvgIpc) is 2.66. The van der Waals surface area contributed by atoms with Crippen molar-refractivity contribution in [2.75, 3.05) is 20.3 Å². The predicted molar refractivity (Wildman–Crippen MR) is 91.7 cm³/mol. The predicted octanol–water partition coefficient (Wildman–Crippen LogP) is 2.24. The van der Waals surface area contributed by atoms with E-state index in [0.717, 1.165) is 0 Å². The number of carbonyl (C=O) groups excluding carboxylic acids is 3. The van der Waals surface area contributed by atoms with Crippen LogP contribution >= 0.6 is 0 Å². The van der Waals surface area contributed by atoms with Gasteiger partial charge in [0.05, 0.1) is 19.1 Å². The van der Waals surface area contributed by atoms with Gasteiger partial charge in [-0.1, -0.05) is 42.5 Å². The summed E-state index contributed by atoms with van der Waals surface area (Å²) in [5.41, 5.74) is 0.873. The van der Waals surface area contributed by atoms with Crippen molar-refractivity contribution < 1.29 is 23.9 Å². The molecule has 2 aromatic rings. The number of methoxy groups -OCH3 is 1. The summed E-state index contributed by atoms with van der Waals surface area (Å²) in [5, 5.41) is 2.62. The molecule has 25 heavy (non-hydrogen) atoms. The van der Waals surface area contributed by atoms with Crippen LogP contribution in [0.1, 0.15) is 27.1 Å². The zero-order valence-corrected chi connectivity index (χ0v) is 13.9. The third-order valence-corrected chi connectivity index (χ3v) is 3.43. The largest absolute Gasteiger partial charge is 0.496 e. The lowest BCUT2D eigenvalue weighted by atomic mass is 10.1. The van der Waals surface area contributed by atoms with Gasteiger partial charge >= 0.3 is 5.97 Å². The molecule has 0 fully saturated rings. The molecule has 0 aliphatic carbocycles. The van der Waals surface area contributed by atoms with Gasteiger partial charge in [0, 0.05) is 12.1 Å². The summed E-state index contributed by atoms with van der Waals surface area (Å²) in [4.78, 5) is 35.6. The fourth-order valence-corrected chi connectivity index (χ4v) is 2.13. The Morgan fingerprint density at radius 3 is 2.36 bits per heavy atom. The number of nitrogens with one attached hydrogen (secondary N) is 1. The van der Waals surface area contributed by atoms with Crippen LogP contribution in [0.15, 0.2) is 54.6 Å². The van der Waals surface area contributed by atoms with Crippen molar-refractivity contribution in [3.63, 3.8) is 0 Å². The number of rotatable bonds is 8. The summed E-state index contributed by atoms with van der Waals surface area (Å²) >= 11 is 0. The molecule has 0 saturated heterocycles. The monoisotopic (exact) mass is 341 g/mol. The van der Waals surface area contributed by atoms with Crippen LogP contribution in [0.5, 0.6) is 5.75 Å². The third-order valence-electron chi connectivity index (χ3n) is 3.43. The summed E-state index contributed by atoms with van der Waals surface area (Å²) in [5.74, 6) is -0.710. The van der Waals surface area contributed by atoms with Crippen LogP contribution in [0.2, 0.25) is 0 Å². The minimum Gasteiger partial charge on any atom is -0.496 e. The standard InChI is InChI=1S/C19H19NO5/c1-24-17-10-6-5-9-15(17)19(23)20-12-11-18(22)25-13-16(21)14-7-3-2-4-8-14/h2-10H,11-13H2,1H3,(H,20,23). The van der Waals surface area contributed by atoms with Crippen LogP contribution in [0.3, 0.4) is 0 Å². The van der Waals surface area contributed by atoms with E-state index in [1.165, 1.54) is 7.11 Å². The highest BCUT2D eigenvalue weighted by Gasteiger charge is 2.13. The number of amides is 1. The van der Waals surface area contributed by atoms with Gasteiger partial charge in [-0.3, -0.25) is 14.4 Å². The van der Waals surface area contributed by atoms with Crippen LogP contribution in [0.4, 0.5) is 0 Å². The van der Waals surface area contributed by atoms with E-state index in [1.807, 2.05) is 0 Å². The second-order valence-corrected chi connectivity index (χ2v) is 5.16. The Kier molecular flexibility index (Phi) is 6.71. The maximum absolute atomic E-state index is 12.1. The van der Waals surface area contributed by atoms with Crippen molar-refractivity contribution in [1.29, 1.82) is 0 Å². The van der Waals surface area contributed by atoms with Gasteiger partial charge in [0.15, 0.2) is 12.4 Å². The normalized spacial score (nSPS) is 9.96. The van der Waals surface area contributed by atoms with Crippen LogP contribution in [-0.4, -0.2) is 37.9 Å². The maximum atomic E-state index is 12.1. The lowest BCUT2D eigenvalue weighted by Crippen LogP contribution is -2.27. The summed E-state index contributed by atoms with van der Waals surface area (Å²) in [6.07, 6.45) is -0.0248. The molecule has 0 aliphatic rings. The quantitative estimate of drug-likeness (QED) is 0.588. The van der Waals surface area contributed by atoms with Gasteiger partial charge in [-0.2, -0.15) is 0 Å². The number of para-hydroxylation sites is 1. The Balaban J connectivity index is 1.73. The summed E-state index contributed by atoms with van der Waals surface area (Å²) in [7, 11) is 1.48. The zero-order valence-electron chi connectivity index (χ0n) is 13.9.